The molecule has 0 radical (unpaired) electrons. The molecule has 0 heterocycles. The molecule has 2 heteroatoms. The van der Waals surface area contributed by atoms with Crippen molar-refractivity contribution < 1.29 is 0 Å². The third kappa shape index (κ3) is 11.7. The number of unbranched alkanes of at least 4 members (excludes halogenated alkanes) is 3. The van der Waals surface area contributed by atoms with Gasteiger partial charge in [-0.3, -0.25) is 0 Å². The summed E-state index contributed by atoms with van der Waals surface area (Å²) in [6.45, 7) is 13.7. The highest BCUT2D eigenvalue weighted by atomic mass is 15.1. The highest BCUT2D eigenvalue weighted by Crippen LogP contribution is 2.03. The molecule has 0 fully saturated rings. The fourth-order valence-corrected chi connectivity index (χ4v) is 1.64. The molecule has 0 atom stereocenters. The standard InChI is InChI=1S/C14H30N2/c1-6-12-16(5)13-10-8-7-9-11-15-14(2,3)4/h6,15H,1,7-13H2,2-5H3. The minimum absolute atomic E-state index is 0.268. The molecular weight excluding hydrogens is 196 g/mol. The Hall–Kier alpha value is -0.340. The lowest BCUT2D eigenvalue weighted by Gasteiger charge is -2.20. The SMILES string of the molecule is C=CCN(C)CCCCCCNC(C)(C)C. The van der Waals surface area contributed by atoms with Gasteiger partial charge in [-0.2, -0.15) is 0 Å². The van der Waals surface area contributed by atoms with Crippen LogP contribution in [0.1, 0.15) is 46.5 Å². The largest absolute Gasteiger partial charge is 0.312 e. The van der Waals surface area contributed by atoms with Crippen LogP contribution in [-0.4, -0.2) is 37.1 Å². The van der Waals surface area contributed by atoms with Crippen molar-refractivity contribution in [1.29, 1.82) is 0 Å². The van der Waals surface area contributed by atoms with E-state index in [4.69, 9.17) is 0 Å². The Morgan fingerprint density at radius 3 is 2.31 bits per heavy atom. The van der Waals surface area contributed by atoms with Crippen molar-refractivity contribution in [3.63, 3.8) is 0 Å². The first kappa shape index (κ1) is 15.7. The Labute approximate surface area is 102 Å². The highest BCUT2D eigenvalue weighted by molar-refractivity contribution is 4.71. The van der Waals surface area contributed by atoms with Crippen molar-refractivity contribution in [3.05, 3.63) is 12.7 Å². The quantitative estimate of drug-likeness (QED) is 0.480. The van der Waals surface area contributed by atoms with E-state index in [0.717, 1.165) is 13.1 Å². The number of nitrogens with zero attached hydrogens (tertiary/aromatic N) is 1. The average Bonchev–Trinajstić information content (AvgIpc) is 2.15. The topological polar surface area (TPSA) is 15.3 Å². The van der Waals surface area contributed by atoms with Gasteiger partial charge in [0.15, 0.2) is 0 Å². The summed E-state index contributed by atoms with van der Waals surface area (Å²) < 4.78 is 0. The van der Waals surface area contributed by atoms with E-state index in [-0.39, 0.29) is 5.54 Å². The first-order valence-corrected chi connectivity index (χ1v) is 6.50. The molecular formula is C14H30N2. The number of hydrogen-bond acceptors (Lipinski definition) is 2. The van der Waals surface area contributed by atoms with Crippen LogP contribution in [0.25, 0.3) is 0 Å². The van der Waals surface area contributed by atoms with Gasteiger partial charge < -0.3 is 10.2 Å². The summed E-state index contributed by atoms with van der Waals surface area (Å²) in [5, 5.41) is 3.52. The molecule has 0 amide bonds. The van der Waals surface area contributed by atoms with Crippen LogP contribution in [0.2, 0.25) is 0 Å². The van der Waals surface area contributed by atoms with Crippen LogP contribution in [0.4, 0.5) is 0 Å². The van der Waals surface area contributed by atoms with Crippen LogP contribution in [0.15, 0.2) is 12.7 Å². The maximum atomic E-state index is 3.74. The van der Waals surface area contributed by atoms with Gasteiger partial charge in [-0.25, -0.2) is 0 Å². The molecule has 0 saturated heterocycles. The predicted octanol–water partition coefficient (Wildman–Crippen LogP) is 3.05. The fraction of sp³-hybridized carbons (Fsp3) is 0.857. The van der Waals surface area contributed by atoms with E-state index < -0.39 is 0 Å². The van der Waals surface area contributed by atoms with E-state index in [2.05, 4.69) is 44.6 Å². The lowest BCUT2D eigenvalue weighted by molar-refractivity contribution is 0.354. The van der Waals surface area contributed by atoms with Crippen molar-refractivity contribution in [1.82, 2.24) is 10.2 Å². The van der Waals surface area contributed by atoms with Gasteiger partial charge in [-0.15, -0.1) is 6.58 Å². The lowest BCUT2D eigenvalue weighted by Crippen LogP contribution is -2.36. The molecule has 0 bridgehead atoms. The van der Waals surface area contributed by atoms with E-state index in [1.165, 1.54) is 32.2 Å². The van der Waals surface area contributed by atoms with E-state index in [1.54, 1.807) is 0 Å². The second-order valence-corrected chi connectivity index (χ2v) is 5.64. The lowest BCUT2D eigenvalue weighted by atomic mass is 10.1. The number of rotatable bonds is 9. The molecule has 0 aromatic carbocycles. The van der Waals surface area contributed by atoms with E-state index in [9.17, 15) is 0 Å². The minimum atomic E-state index is 0.268. The summed E-state index contributed by atoms with van der Waals surface area (Å²) >= 11 is 0. The average molecular weight is 226 g/mol. The molecule has 2 nitrogen and oxygen atoms in total. The summed E-state index contributed by atoms with van der Waals surface area (Å²) in [5.41, 5.74) is 0.268. The van der Waals surface area contributed by atoms with Crippen molar-refractivity contribution >= 4 is 0 Å². The van der Waals surface area contributed by atoms with Gasteiger partial charge in [-0.05, 0) is 53.8 Å². The molecule has 0 aromatic rings. The molecule has 0 unspecified atom stereocenters. The molecule has 0 aliphatic heterocycles. The first-order valence-electron chi connectivity index (χ1n) is 6.50. The number of hydrogen-bond donors (Lipinski definition) is 1. The van der Waals surface area contributed by atoms with Crippen molar-refractivity contribution in [2.45, 2.75) is 52.0 Å². The molecule has 0 aliphatic carbocycles. The maximum Gasteiger partial charge on any atom is 0.0157 e. The van der Waals surface area contributed by atoms with Crippen molar-refractivity contribution in [3.8, 4) is 0 Å². The molecule has 0 spiro atoms. The van der Waals surface area contributed by atoms with Crippen LogP contribution in [0.3, 0.4) is 0 Å². The number of likely N-dealkylation sites (N-methyl/N-ethyl adjacent to an activating group) is 1. The third-order valence-electron chi connectivity index (χ3n) is 2.56. The van der Waals surface area contributed by atoms with Gasteiger partial charge in [0.05, 0.1) is 0 Å². The zero-order chi connectivity index (χ0) is 12.4. The molecule has 1 N–H and O–H groups in total. The molecule has 0 aliphatic rings. The third-order valence-corrected chi connectivity index (χ3v) is 2.56. The first-order chi connectivity index (χ1) is 7.45. The van der Waals surface area contributed by atoms with Crippen LogP contribution >= 0.6 is 0 Å². The van der Waals surface area contributed by atoms with Crippen molar-refractivity contribution in [2.24, 2.45) is 0 Å². The Morgan fingerprint density at radius 1 is 1.12 bits per heavy atom. The Morgan fingerprint density at radius 2 is 1.75 bits per heavy atom. The predicted molar refractivity (Wildman–Crippen MR) is 73.9 cm³/mol. The van der Waals surface area contributed by atoms with Gasteiger partial charge >= 0.3 is 0 Å². The second kappa shape index (κ2) is 8.77. The normalized spacial score (nSPS) is 12.1. The summed E-state index contributed by atoms with van der Waals surface area (Å²) in [5.74, 6) is 0. The summed E-state index contributed by atoms with van der Waals surface area (Å²) in [7, 11) is 2.16. The van der Waals surface area contributed by atoms with Crippen LogP contribution < -0.4 is 5.32 Å². The van der Waals surface area contributed by atoms with Crippen LogP contribution in [-0.2, 0) is 0 Å². The monoisotopic (exact) mass is 226 g/mol. The van der Waals surface area contributed by atoms with Gasteiger partial charge in [0.2, 0.25) is 0 Å². The van der Waals surface area contributed by atoms with Crippen molar-refractivity contribution in [2.75, 3.05) is 26.7 Å². The van der Waals surface area contributed by atoms with Crippen LogP contribution in [0.5, 0.6) is 0 Å². The molecule has 0 saturated carbocycles. The Kier molecular flexibility index (Phi) is 8.58. The summed E-state index contributed by atoms with van der Waals surface area (Å²) in [6.07, 6.45) is 7.24. The fourth-order valence-electron chi connectivity index (χ4n) is 1.64. The van der Waals surface area contributed by atoms with Gasteiger partial charge in [-0.1, -0.05) is 18.9 Å². The molecule has 0 aromatic heterocycles. The zero-order valence-corrected chi connectivity index (χ0v) is 11.7. The van der Waals surface area contributed by atoms with Gasteiger partial charge in [0.25, 0.3) is 0 Å². The molecule has 96 valence electrons. The van der Waals surface area contributed by atoms with Crippen LogP contribution in [0, 0.1) is 0 Å². The smallest absolute Gasteiger partial charge is 0.0157 e. The summed E-state index contributed by atoms with van der Waals surface area (Å²) in [6, 6.07) is 0. The second-order valence-electron chi connectivity index (χ2n) is 5.64. The van der Waals surface area contributed by atoms with Gasteiger partial charge in [0, 0.05) is 12.1 Å². The zero-order valence-electron chi connectivity index (χ0n) is 11.7. The van der Waals surface area contributed by atoms with E-state index >= 15 is 0 Å². The number of nitrogens with one attached hydrogen (secondary N) is 1. The highest BCUT2D eigenvalue weighted by Gasteiger charge is 2.06. The maximum absolute atomic E-state index is 3.74. The van der Waals surface area contributed by atoms with Gasteiger partial charge in [0.1, 0.15) is 0 Å². The molecule has 0 rings (SSSR count). The summed E-state index contributed by atoms with van der Waals surface area (Å²) in [4.78, 5) is 2.32. The minimum Gasteiger partial charge on any atom is -0.312 e. The van der Waals surface area contributed by atoms with E-state index in [0.29, 0.717) is 0 Å². The Balaban J connectivity index is 3.18. The molecule has 16 heavy (non-hydrogen) atoms. The Bertz CT molecular complexity index is 170. The van der Waals surface area contributed by atoms with E-state index in [1.807, 2.05) is 6.08 Å².